The molecule has 1 rings (SSSR count). The SMILES string of the molecule is CCNCC(C)C(=O)Nc1c(Br)cc(C)cc1Br. The molecule has 0 spiro atoms. The maximum atomic E-state index is 12.0. The first-order chi connectivity index (χ1) is 8.45. The number of aryl methyl sites for hydroxylation is 1. The molecule has 0 radical (unpaired) electrons. The number of hydrogen-bond donors (Lipinski definition) is 2. The summed E-state index contributed by atoms with van der Waals surface area (Å²) in [5, 5.41) is 6.11. The minimum absolute atomic E-state index is 0.0150. The van der Waals surface area contributed by atoms with Crippen LogP contribution >= 0.6 is 31.9 Å². The summed E-state index contributed by atoms with van der Waals surface area (Å²) in [6.45, 7) is 7.50. The van der Waals surface area contributed by atoms with Crippen molar-refractivity contribution in [1.82, 2.24) is 5.32 Å². The van der Waals surface area contributed by atoms with E-state index in [2.05, 4.69) is 42.5 Å². The Balaban J connectivity index is 2.76. The van der Waals surface area contributed by atoms with Crippen LogP contribution in [0.25, 0.3) is 0 Å². The van der Waals surface area contributed by atoms with Gasteiger partial charge < -0.3 is 10.6 Å². The van der Waals surface area contributed by atoms with Gasteiger partial charge in [-0.15, -0.1) is 0 Å². The van der Waals surface area contributed by atoms with Crippen LogP contribution in [0.3, 0.4) is 0 Å². The van der Waals surface area contributed by atoms with Crippen molar-refractivity contribution in [1.29, 1.82) is 0 Å². The number of halogens is 2. The molecule has 0 saturated heterocycles. The van der Waals surface area contributed by atoms with E-state index < -0.39 is 0 Å². The van der Waals surface area contributed by atoms with Crippen LogP contribution < -0.4 is 10.6 Å². The first-order valence-corrected chi connectivity index (χ1v) is 7.51. The molecule has 0 aromatic heterocycles. The van der Waals surface area contributed by atoms with Crippen molar-refractivity contribution in [3.63, 3.8) is 0 Å². The standard InChI is InChI=1S/C13H18Br2N2O/c1-4-16-7-9(3)13(18)17-12-10(14)5-8(2)6-11(12)15/h5-6,9,16H,4,7H2,1-3H3,(H,17,18). The molecule has 3 nitrogen and oxygen atoms in total. The quantitative estimate of drug-likeness (QED) is 0.821. The smallest absolute Gasteiger partial charge is 0.228 e. The van der Waals surface area contributed by atoms with Gasteiger partial charge >= 0.3 is 0 Å². The molecule has 1 unspecified atom stereocenters. The third-order valence-electron chi connectivity index (χ3n) is 2.58. The van der Waals surface area contributed by atoms with Gasteiger partial charge in [0, 0.05) is 21.4 Å². The number of hydrogen-bond acceptors (Lipinski definition) is 2. The largest absolute Gasteiger partial charge is 0.324 e. The molecule has 1 amide bonds. The van der Waals surface area contributed by atoms with Crippen LogP contribution in [0.4, 0.5) is 5.69 Å². The molecule has 1 aromatic rings. The van der Waals surface area contributed by atoms with E-state index in [0.717, 1.165) is 26.7 Å². The second kappa shape index (κ2) is 7.26. The molecule has 0 saturated carbocycles. The van der Waals surface area contributed by atoms with E-state index in [-0.39, 0.29) is 11.8 Å². The predicted octanol–water partition coefficient (Wildman–Crippen LogP) is 3.70. The van der Waals surface area contributed by atoms with E-state index in [0.29, 0.717) is 6.54 Å². The van der Waals surface area contributed by atoms with Gasteiger partial charge in [-0.05, 0) is 63.0 Å². The van der Waals surface area contributed by atoms with Crippen LogP contribution in [-0.2, 0) is 4.79 Å². The molecular formula is C13H18Br2N2O. The molecule has 0 bridgehead atoms. The molecule has 1 aromatic carbocycles. The summed E-state index contributed by atoms with van der Waals surface area (Å²) >= 11 is 6.94. The van der Waals surface area contributed by atoms with Crippen LogP contribution in [0.1, 0.15) is 19.4 Å². The summed E-state index contributed by atoms with van der Waals surface area (Å²) in [5.74, 6) is -0.0498. The highest BCUT2D eigenvalue weighted by Gasteiger charge is 2.15. The van der Waals surface area contributed by atoms with E-state index in [1.54, 1.807) is 0 Å². The third kappa shape index (κ3) is 4.37. The Kier molecular flexibility index (Phi) is 6.32. The first kappa shape index (κ1) is 15.7. The van der Waals surface area contributed by atoms with Crippen LogP contribution in [0.15, 0.2) is 21.1 Å². The van der Waals surface area contributed by atoms with Crippen molar-refractivity contribution in [3.8, 4) is 0 Å². The number of anilines is 1. The van der Waals surface area contributed by atoms with Crippen LogP contribution in [0, 0.1) is 12.8 Å². The lowest BCUT2D eigenvalue weighted by Crippen LogP contribution is -2.30. The average molecular weight is 378 g/mol. The van der Waals surface area contributed by atoms with E-state index >= 15 is 0 Å². The summed E-state index contributed by atoms with van der Waals surface area (Å²) < 4.78 is 1.77. The first-order valence-electron chi connectivity index (χ1n) is 5.93. The molecule has 0 heterocycles. The lowest BCUT2D eigenvalue weighted by Gasteiger charge is -2.15. The summed E-state index contributed by atoms with van der Waals surface area (Å²) in [4.78, 5) is 12.0. The normalized spacial score (nSPS) is 12.3. The summed E-state index contributed by atoms with van der Waals surface area (Å²) in [7, 11) is 0. The molecule has 18 heavy (non-hydrogen) atoms. The Morgan fingerprint density at radius 3 is 2.39 bits per heavy atom. The highest BCUT2D eigenvalue weighted by molar-refractivity contribution is 9.11. The van der Waals surface area contributed by atoms with Gasteiger partial charge in [-0.25, -0.2) is 0 Å². The van der Waals surface area contributed by atoms with Crippen molar-refractivity contribution in [2.24, 2.45) is 5.92 Å². The Labute approximate surface area is 125 Å². The van der Waals surface area contributed by atoms with Crippen molar-refractivity contribution >= 4 is 43.5 Å². The number of carbonyl (C=O) groups excluding carboxylic acids is 1. The minimum Gasteiger partial charge on any atom is -0.324 e. The zero-order chi connectivity index (χ0) is 13.7. The Bertz CT molecular complexity index is 412. The third-order valence-corrected chi connectivity index (χ3v) is 3.83. The number of rotatable bonds is 5. The lowest BCUT2D eigenvalue weighted by molar-refractivity contribution is -0.119. The monoisotopic (exact) mass is 376 g/mol. The van der Waals surface area contributed by atoms with Crippen LogP contribution in [0.2, 0.25) is 0 Å². The van der Waals surface area contributed by atoms with Gasteiger partial charge in [-0.3, -0.25) is 4.79 Å². The Morgan fingerprint density at radius 2 is 1.89 bits per heavy atom. The highest BCUT2D eigenvalue weighted by atomic mass is 79.9. The Morgan fingerprint density at radius 1 is 1.33 bits per heavy atom. The zero-order valence-electron chi connectivity index (χ0n) is 10.8. The van der Waals surface area contributed by atoms with E-state index in [1.807, 2.05) is 32.9 Å². The zero-order valence-corrected chi connectivity index (χ0v) is 14.0. The van der Waals surface area contributed by atoms with E-state index in [1.165, 1.54) is 0 Å². The van der Waals surface area contributed by atoms with Crippen molar-refractivity contribution in [2.75, 3.05) is 18.4 Å². The van der Waals surface area contributed by atoms with Gasteiger partial charge in [-0.1, -0.05) is 13.8 Å². The van der Waals surface area contributed by atoms with Crippen molar-refractivity contribution < 1.29 is 4.79 Å². The maximum Gasteiger partial charge on any atom is 0.228 e. The van der Waals surface area contributed by atoms with Crippen molar-refractivity contribution in [2.45, 2.75) is 20.8 Å². The minimum atomic E-state index is -0.0648. The van der Waals surface area contributed by atoms with Gasteiger partial charge in [-0.2, -0.15) is 0 Å². The highest BCUT2D eigenvalue weighted by Crippen LogP contribution is 2.32. The second-order valence-electron chi connectivity index (χ2n) is 4.30. The Hall–Kier alpha value is -0.390. The molecule has 0 aliphatic heterocycles. The fourth-order valence-electron chi connectivity index (χ4n) is 1.52. The molecular weight excluding hydrogens is 360 g/mol. The molecule has 0 fully saturated rings. The van der Waals surface area contributed by atoms with Gasteiger partial charge in [0.25, 0.3) is 0 Å². The van der Waals surface area contributed by atoms with Gasteiger partial charge in [0.05, 0.1) is 5.69 Å². The molecule has 2 N–H and O–H groups in total. The van der Waals surface area contributed by atoms with Gasteiger partial charge in [0.1, 0.15) is 0 Å². The average Bonchev–Trinajstić information content (AvgIpc) is 2.30. The topological polar surface area (TPSA) is 41.1 Å². The second-order valence-corrected chi connectivity index (χ2v) is 6.01. The number of nitrogens with one attached hydrogen (secondary N) is 2. The molecule has 1 atom stereocenters. The molecule has 100 valence electrons. The fraction of sp³-hybridized carbons (Fsp3) is 0.462. The van der Waals surface area contributed by atoms with E-state index in [9.17, 15) is 4.79 Å². The molecule has 0 aliphatic rings. The van der Waals surface area contributed by atoms with Crippen molar-refractivity contribution in [3.05, 3.63) is 26.6 Å². The summed E-state index contributed by atoms with van der Waals surface area (Å²) in [6.07, 6.45) is 0. The van der Waals surface area contributed by atoms with Crippen LogP contribution in [0.5, 0.6) is 0 Å². The fourth-order valence-corrected chi connectivity index (χ4v) is 3.13. The maximum absolute atomic E-state index is 12.0. The molecule has 5 heteroatoms. The number of carbonyl (C=O) groups is 1. The summed E-state index contributed by atoms with van der Waals surface area (Å²) in [6, 6.07) is 3.96. The lowest BCUT2D eigenvalue weighted by atomic mass is 10.1. The van der Waals surface area contributed by atoms with Crippen LogP contribution in [-0.4, -0.2) is 19.0 Å². The van der Waals surface area contributed by atoms with Gasteiger partial charge in [0.2, 0.25) is 5.91 Å². The summed E-state index contributed by atoms with van der Waals surface area (Å²) in [5.41, 5.74) is 1.92. The van der Waals surface area contributed by atoms with E-state index in [4.69, 9.17) is 0 Å². The predicted molar refractivity (Wildman–Crippen MR) is 82.9 cm³/mol. The van der Waals surface area contributed by atoms with Gasteiger partial charge in [0.15, 0.2) is 0 Å². The number of benzene rings is 1. The number of amides is 1. The molecule has 0 aliphatic carbocycles.